The van der Waals surface area contributed by atoms with Crippen molar-refractivity contribution in [1.82, 2.24) is 5.32 Å². The van der Waals surface area contributed by atoms with E-state index in [2.05, 4.69) is 37.8 Å². The van der Waals surface area contributed by atoms with Crippen LogP contribution in [0.3, 0.4) is 0 Å². The average Bonchev–Trinajstić information content (AvgIpc) is 2.42. The highest BCUT2D eigenvalue weighted by Gasteiger charge is 2.49. The van der Waals surface area contributed by atoms with E-state index in [1.165, 1.54) is 25.7 Å². The Bertz CT molecular complexity index is 182. The van der Waals surface area contributed by atoms with Gasteiger partial charge >= 0.3 is 0 Å². The predicted molar refractivity (Wildman–Crippen MR) is 55.5 cm³/mol. The molecule has 1 saturated heterocycles. The van der Waals surface area contributed by atoms with Crippen molar-refractivity contribution in [1.29, 1.82) is 0 Å². The first-order valence-corrected chi connectivity index (χ1v) is 5.84. The molecule has 1 heterocycles. The third-order valence-corrected chi connectivity index (χ3v) is 5.19. The molecule has 1 aliphatic carbocycles. The first-order chi connectivity index (χ1) is 5.54. The summed E-state index contributed by atoms with van der Waals surface area (Å²) < 4.78 is 0.435. The van der Waals surface area contributed by atoms with Gasteiger partial charge in [0.2, 0.25) is 0 Å². The molecule has 2 fully saturated rings. The fourth-order valence-electron chi connectivity index (χ4n) is 2.38. The number of hydrogen-bond donors (Lipinski definition) is 1. The summed E-state index contributed by atoms with van der Waals surface area (Å²) in [5.74, 6) is 0. The molecule has 70 valence electrons. The largest absolute Gasteiger partial charge is 0.299 e. The van der Waals surface area contributed by atoms with Crippen molar-refractivity contribution >= 4 is 11.8 Å². The summed E-state index contributed by atoms with van der Waals surface area (Å²) >= 11 is 2.17. The highest BCUT2D eigenvalue weighted by Crippen LogP contribution is 2.51. The topological polar surface area (TPSA) is 12.0 Å². The van der Waals surface area contributed by atoms with Gasteiger partial charge in [-0.2, -0.15) is 0 Å². The Morgan fingerprint density at radius 3 is 2.25 bits per heavy atom. The molecule has 1 nitrogen and oxygen atoms in total. The van der Waals surface area contributed by atoms with Crippen molar-refractivity contribution in [3.05, 3.63) is 0 Å². The smallest absolute Gasteiger partial charge is 0.0653 e. The summed E-state index contributed by atoms with van der Waals surface area (Å²) in [6, 6.07) is 0.667. The summed E-state index contributed by atoms with van der Waals surface area (Å²) in [4.78, 5) is 0.461. The second-order valence-electron chi connectivity index (χ2n) is 4.77. The Morgan fingerprint density at radius 2 is 1.83 bits per heavy atom. The van der Waals surface area contributed by atoms with E-state index in [1.807, 2.05) is 0 Å². The van der Waals surface area contributed by atoms with Crippen LogP contribution < -0.4 is 5.32 Å². The standard InChI is InChI=1S/C10H19NS/c1-8-9(2,3)12-10(11-8)6-4-5-7-10/h8,11H,4-7H2,1-3H3/t8-/m0/s1. The number of hydrogen-bond acceptors (Lipinski definition) is 2. The van der Waals surface area contributed by atoms with Gasteiger partial charge in [-0.3, -0.25) is 5.32 Å². The van der Waals surface area contributed by atoms with E-state index in [1.54, 1.807) is 0 Å². The molecule has 1 N–H and O–H groups in total. The van der Waals surface area contributed by atoms with Crippen molar-refractivity contribution in [3.63, 3.8) is 0 Å². The Morgan fingerprint density at radius 1 is 1.25 bits per heavy atom. The maximum atomic E-state index is 3.78. The van der Waals surface area contributed by atoms with Crippen LogP contribution in [0.15, 0.2) is 0 Å². The number of rotatable bonds is 0. The van der Waals surface area contributed by atoms with Crippen molar-refractivity contribution in [3.8, 4) is 0 Å². The molecule has 0 unspecified atom stereocenters. The van der Waals surface area contributed by atoms with Crippen LogP contribution in [0, 0.1) is 0 Å². The Hall–Kier alpha value is 0.310. The van der Waals surface area contributed by atoms with Gasteiger partial charge in [0.15, 0.2) is 0 Å². The molecular weight excluding hydrogens is 166 g/mol. The van der Waals surface area contributed by atoms with Gasteiger partial charge in [-0.25, -0.2) is 0 Å². The molecule has 2 aliphatic rings. The number of thioether (sulfide) groups is 1. The van der Waals surface area contributed by atoms with E-state index < -0.39 is 0 Å². The molecule has 2 rings (SSSR count). The predicted octanol–water partition coefficient (Wildman–Crippen LogP) is 2.76. The van der Waals surface area contributed by atoms with E-state index in [9.17, 15) is 0 Å². The maximum absolute atomic E-state index is 3.78. The van der Waals surface area contributed by atoms with Gasteiger partial charge in [-0.1, -0.05) is 12.8 Å². The molecular formula is C10H19NS. The van der Waals surface area contributed by atoms with Gasteiger partial charge in [0, 0.05) is 10.8 Å². The third kappa shape index (κ3) is 1.29. The fourth-order valence-corrected chi connectivity index (χ4v) is 4.35. The molecule has 0 bridgehead atoms. The van der Waals surface area contributed by atoms with Gasteiger partial charge in [0.05, 0.1) is 4.87 Å². The highest BCUT2D eigenvalue weighted by atomic mass is 32.2. The summed E-state index contributed by atoms with van der Waals surface area (Å²) in [6.07, 6.45) is 5.60. The Balaban J connectivity index is 2.14. The average molecular weight is 185 g/mol. The van der Waals surface area contributed by atoms with Crippen LogP contribution in [-0.2, 0) is 0 Å². The highest BCUT2D eigenvalue weighted by molar-refractivity contribution is 8.02. The monoisotopic (exact) mass is 185 g/mol. The van der Waals surface area contributed by atoms with E-state index >= 15 is 0 Å². The van der Waals surface area contributed by atoms with Gasteiger partial charge in [0.25, 0.3) is 0 Å². The first-order valence-electron chi connectivity index (χ1n) is 5.02. The van der Waals surface area contributed by atoms with Gasteiger partial charge < -0.3 is 0 Å². The molecule has 1 aliphatic heterocycles. The van der Waals surface area contributed by atoms with E-state index in [4.69, 9.17) is 0 Å². The summed E-state index contributed by atoms with van der Waals surface area (Å²) in [7, 11) is 0. The molecule has 0 aromatic carbocycles. The zero-order valence-corrected chi connectivity index (χ0v) is 9.13. The van der Waals surface area contributed by atoms with E-state index in [0.717, 1.165) is 0 Å². The molecule has 1 atom stereocenters. The Kier molecular flexibility index (Phi) is 1.96. The molecule has 1 saturated carbocycles. The van der Waals surface area contributed by atoms with Gasteiger partial charge in [0.1, 0.15) is 0 Å². The van der Waals surface area contributed by atoms with Crippen molar-refractivity contribution < 1.29 is 0 Å². The fraction of sp³-hybridized carbons (Fsp3) is 1.00. The van der Waals surface area contributed by atoms with Crippen LogP contribution in [0.25, 0.3) is 0 Å². The second-order valence-corrected chi connectivity index (χ2v) is 6.81. The van der Waals surface area contributed by atoms with Crippen LogP contribution in [0.2, 0.25) is 0 Å². The Labute approximate surface area is 79.7 Å². The second kappa shape index (κ2) is 2.65. The summed E-state index contributed by atoms with van der Waals surface area (Å²) in [6.45, 7) is 7.05. The molecule has 0 amide bonds. The molecule has 0 radical (unpaired) electrons. The first kappa shape index (κ1) is 8.89. The zero-order chi connectivity index (χ0) is 8.82. The molecule has 2 heteroatoms. The quantitative estimate of drug-likeness (QED) is 0.623. The van der Waals surface area contributed by atoms with E-state index in [-0.39, 0.29) is 0 Å². The minimum Gasteiger partial charge on any atom is -0.299 e. The van der Waals surface area contributed by atoms with Crippen LogP contribution in [0.1, 0.15) is 46.5 Å². The lowest BCUT2D eigenvalue weighted by atomic mass is 10.0. The van der Waals surface area contributed by atoms with E-state index in [0.29, 0.717) is 15.7 Å². The lowest BCUT2D eigenvalue weighted by molar-refractivity contribution is 0.416. The molecule has 0 aromatic rings. The SMILES string of the molecule is C[C@@H]1NC2(CCCC2)SC1(C)C. The lowest BCUT2D eigenvalue weighted by Gasteiger charge is -2.24. The third-order valence-electron chi connectivity index (χ3n) is 3.39. The summed E-state index contributed by atoms with van der Waals surface area (Å²) in [5.41, 5.74) is 0. The van der Waals surface area contributed by atoms with Crippen LogP contribution in [0.5, 0.6) is 0 Å². The minimum atomic E-state index is 0.435. The maximum Gasteiger partial charge on any atom is 0.0653 e. The normalized spacial score (nSPS) is 37.8. The van der Waals surface area contributed by atoms with Crippen LogP contribution in [-0.4, -0.2) is 15.7 Å². The molecule has 0 aromatic heterocycles. The van der Waals surface area contributed by atoms with Crippen molar-refractivity contribution in [2.24, 2.45) is 0 Å². The van der Waals surface area contributed by atoms with Gasteiger partial charge in [-0.15, -0.1) is 11.8 Å². The zero-order valence-electron chi connectivity index (χ0n) is 8.31. The molecule has 1 spiro atoms. The summed E-state index contributed by atoms with van der Waals surface area (Å²) in [5, 5.41) is 3.78. The van der Waals surface area contributed by atoms with Gasteiger partial charge in [-0.05, 0) is 33.6 Å². The number of nitrogens with one attached hydrogen (secondary N) is 1. The van der Waals surface area contributed by atoms with Crippen LogP contribution >= 0.6 is 11.8 Å². The van der Waals surface area contributed by atoms with Crippen molar-refractivity contribution in [2.75, 3.05) is 0 Å². The molecule has 12 heavy (non-hydrogen) atoms. The lowest BCUT2D eigenvalue weighted by Crippen LogP contribution is -2.40. The van der Waals surface area contributed by atoms with Crippen LogP contribution in [0.4, 0.5) is 0 Å². The van der Waals surface area contributed by atoms with Crippen molar-refractivity contribution in [2.45, 2.75) is 62.1 Å². The minimum absolute atomic E-state index is 0.435.